The normalized spacial score (nSPS) is 18.5. The fourth-order valence-corrected chi connectivity index (χ4v) is 3.89. The molecular weight excluding hydrogens is 372 g/mol. The summed E-state index contributed by atoms with van der Waals surface area (Å²) in [5, 5.41) is 0. The predicted octanol–water partition coefficient (Wildman–Crippen LogP) is 2.19. The third kappa shape index (κ3) is 3.18. The van der Waals surface area contributed by atoms with Crippen molar-refractivity contribution in [3.05, 3.63) is 65.2 Å². The highest BCUT2D eigenvalue weighted by Crippen LogP contribution is 2.32. The van der Waals surface area contributed by atoms with Gasteiger partial charge in [-0.1, -0.05) is 30.3 Å². The Balaban J connectivity index is 1.42. The van der Waals surface area contributed by atoms with Gasteiger partial charge in [0.15, 0.2) is 6.10 Å². The van der Waals surface area contributed by atoms with E-state index in [1.165, 1.54) is 6.92 Å². The topological polar surface area (TPSA) is 84.0 Å². The maximum Gasteiger partial charge on any atom is 0.326 e. The molecule has 0 radical (unpaired) electrons. The van der Waals surface area contributed by atoms with Crippen molar-refractivity contribution in [2.45, 2.75) is 32.4 Å². The molecule has 0 aliphatic carbocycles. The highest BCUT2D eigenvalue weighted by atomic mass is 16.5. The zero-order valence-electron chi connectivity index (χ0n) is 16.1. The number of ether oxygens (including phenoxy) is 1. The summed E-state index contributed by atoms with van der Waals surface area (Å²) < 4.78 is 5.27. The molecule has 0 bridgehead atoms. The van der Waals surface area contributed by atoms with Crippen LogP contribution in [-0.2, 0) is 20.7 Å². The highest BCUT2D eigenvalue weighted by molar-refractivity contribution is 6.22. The van der Waals surface area contributed by atoms with Crippen LogP contribution in [0.2, 0.25) is 0 Å². The number of esters is 1. The van der Waals surface area contributed by atoms with Gasteiger partial charge >= 0.3 is 5.97 Å². The Morgan fingerprint density at radius 2 is 1.62 bits per heavy atom. The van der Waals surface area contributed by atoms with Gasteiger partial charge in [0.2, 0.25) is 0 Å². The van der Waals surface area contributed by atoms with Crippen molar-refractivity contribution in [3.8, 4) is 0 Å². The zero-order valence-corrected chi connectivity index (χ0v) is 16.1. The van der Waals surface area contributed by atoms with Crippen LogP contribution in [0, 0.1) is 0 Å². The molecule has 0 fully saturated rings. The minimum Gasteiger partial charge on any atom is -0.451 e. The van der Waals surface area contributed by atoms with Gasteiger partial charge in [0.05, 0.1) is 11.1 Å². The maximum atomic E-state index is 12.9. The standard InChI is InChI=1S/C22H20N2O5/c1-13-11-15-7-3-6-10-18(15)24(13)20(26)14(2)29-19(25)12-23-21(27)16-8-4-5-9-17(16)22(23)28/h3-10,13-14H,11-12H2,1-2H3/t13-,14+/m0/s1. The number of amides is 3. The van der Waals surface area contributed by atoms with Gasteiger partial charge in [0, 0.05) is 11.7 Å². The van der Waals surface area contributed by atoms with Crippen LogP contribution in [0.25, 0.3) is 0 Å². The average molecular weight is 392 g/mol. The molecule has 0 spiro atoms. The summed E-state index contributed by atoms with van der Waals surface area (Å²) in [5.41, 5.74) is 2.40. The number of nitrogens with zero attached hydrogens (tertiary/aromatic N) is 2. The largest absolute Gasteiger partial charge is 0.451 e. The second-order valence-corrected chi connectivity index (χ2v) is 7.26. The summed E-state index contributed by atoms with van der Waals surface area (Å²) in [5.74, 6) is -2.22. The van der Waals surface area contributed by atoms with Gasteiger partial charge < -0.3 is 9.64 Å². The number of benzene rings is 2. The first-order valence-corrected chi connectivity index (χ1v) is 9.44. The number of para-hydroxylation sites is 1. The van der Waals surface area contributed by atoms with E-state index >= 15 is 0 Å². The summed E-state index contributed by atoms with van der Waals surface area (Å²) in [6.45, 7) is 2.90. The Labute approximate surface area is 167 Å². The predicted molar refractivity (Wildman–Crippen MR) is 104 cm³/mol. The summed E-state index contributed by atoms with van der Waals surface area (Å²) in [6, 6.07) is 14.0. The Bertz CT molecular complexity index is 996. The van der Waals surface area contributed by atoms with E-state index in [-0.39, 0.29) is 23.1 Å². The molecule has 2 aromatic rings. The van der Waals surface area contributed by atoms with E-state index in [1.54, 1.807) is 29.2 Å². The number of hydrogen-bond acceptors (Lipinski definition) is 5. The molecule has 2 heterocycles. The van der Waals surface area contributed by atoms with Crippen molar-refractivity contribution in [2.75, 3.05) is 11.4 Å². The zero-order chi connectivity index (χ0) is 20.7. The number of imide groups is 1. The van der Waals surface area contributed by atoms with Crippen LogP contribution in [0.1, 0.15) is 40.1 Å². The second-order valence-electron chi connectivity index (χ2n) is 7.26. The van der Waals surface area contributed by atoms with Gasteiger partial charge in [0.1, 0.15) is 6.54 Å². The number of hydrogen-bond donors (Lipinski definition) is 0. The van der Waals surface area contributed by atoms with Crippen molar-refractivity contribution in [1.29, 1.82) is 0 Å². The van der Waals surface area contributed by atoms with Crippen LogP contribution >= 0.6 is 0 Å². The third-order valence-corrected chi connectivity index (χ3v) is 5.27. The molecular formula is C22H20N2O5. The van der Waals surface area contributed by atoms with E-state index in [0.717, 1.165) is 22.6 Å². The van der Waals surface area contributed by atoms with Crippen LogP contribution in [-0.4, -0.2) is 47.3 Å². The Hall–Kier alpha value is -3.48. The van der Waals surface area contributed by atoms with Crippen LogP contribution < -0.4 is 4.90 Å². The number of carbonyl (C=O) groups excluding carboxylic acids is 4. The minimum absolute atomic E-state index is 0.0442. The molecule has 0 N–H and O–H groups in total. The number of rotatable bonds is 4. The first-order valence-electron chi connectivity index (χ1n) is 9.44. The summed E-state index contributed by atoms with van der Waals surface area (Å²) in [7, 11) is 0. The van der Waals surface area contributed by atoms with E-state index in [9.17, 15) is 19.2 Å². The highest BCUT2D eigenvalue weighted by Gasteiger charge is 2.38. The summed E-state index contributed by atoms with van der Waals surface area (Å²) in [6.07, 6.45) is -0.302. The molecule has 2 atom stereocenters. The van der Waals surface area contributed by atoms with Gasteiger partial charge in [-0.15, -0.1) is 0 Å². The lowest BCUT2D eigenvalue weighted by atomic mass is 10.1. The van der Waals surface area contributed by atoms with Gasteiger partial charge in [0.25, 0.3) is 17.7 Å². The van der Waals surface area contributed by atoms with Gasteiger partial charge in [-0.05, 0) is 44.0 Å². The van der Waals surface area contributed by atoms with E-state index in [2.05, 4.69) is 0 Å². The lowest BCUT2D eigenvalue weighted by Crippen LogP contribution is -2.44. The lowest BCUT2D eigenvalue weighted by Gasteiger charge is -2.26. The van der Waals surface area contributed by atoms with Gasteiger partial charge in [-0.2, -0.15) is 0 Å². The first-order chi connectivity index (χ1) is 13.9. The lowest BCUT2D eigenvalue weighted by molar-refractivity contribution is -0.154. The molecule has 148 valence electrons. The molecule has 2 aliphatic heterocycles. The molecule has 29 heavy (non-hydrogen) atoms. The maximum absolute atomic E-state index is 12.9. The van der Waals surface area contributed by atoms with E-state index in [4.69, 9.17) is 4.74 Å². The van der Waals surface area contributed by atoms with Crippen LogP contribution in [0.3, 0.4) is 0 Å². The molecule has 0 unspecified atom stereocenters. The molecule has 7 nitrogen and oxygen atoms in total. The van der Waals surface area contributed by atoms with Crippen LogP contribution in [0.5, 0.6) is 0 Å². The Morgan fingerprint density at radius 3 is 2.28 bits per heavy atom. The molecule has 0 aromatic heterocycles. The van der Waals surface area contributed by atoms with E-state index < -0.39 is 30.4 Å². The SMILES string of the molecule is C[C@@H](OC(=O)CN1C(=O)c2ccccc2C1=O)C(=O)N1c2ccccc2C[C@@H]1C. The quantitative estimate of drug-likeness (QED) is 0.588. The van der Waals surface area contributed by atoms with E-state index in [0.29, 0.717) is 0 Å². The molecule has 0 saturated carbocycles. The van der Waals surface area contributed by atoms with Crippen molar-refractivity contribution in [2.24, 2.45) is 0 Å². The van der Waals surface area contributed by atoms with Crippen LogP contribution in [0.15, 0.2) is 48.5 Å². The first kappa shape index (κ1) is 18.9. The number of carbonyl (C=O) groups is 4. The van der Waals surface area contributed by atoms with Gasteiger partial charge in [-0.25, -0.2) is 0 Å². The van der Waals surface area contributed by atoms with Crippen molar-refractivity contribution in [3.63, 3.8) is 0 Å². The second kappa shape index (κ2) is 7.16. The fraction of sp³-hybridized carbons (Fsp3) is 0.273. The summed E-state index contributed by atoms with van der Waals surface area (Å²) >= 11 is 0. The molecule has 0 saturated heterocycles. The average Bonchev–Trinajstić information content (AvgIpc) is 3.16. The monoisotopic (exact) mass is 392 g/mol. The van der Waals surface area contributed by atoms with Crippen molar-refractivity contribution < 1.29 is 23.9 Å². The Morgan fingerprint density at radius 1 is 1.03 bits per heavy atom. The fourth-order valence-electron chi connectivity index (χ4n) is 3.89. The molecule has 2 aromatic carbocycles. The van der Waals surface area contributed by atoms with Crippen molar-refractivity contribution >= 4 is 29.4 Å². The Kier molecular flexibility index (Phi) is 4.66. The van der Waals surface area contributed by atoms with E-state index in [1.807, 2.05) is 31.2 Å². The molecule has 3 amide bonds. The number of anilines is 1. The molecule has 4 rings (SSSR count). The number of fused-ring (bicyclic) bond motifs is 2. The molecule has 2 aliphatic rings. The molecule has 7 heteroatoms. The minimum atomic E-state index is -1.04. The smallest absolute Gasteiger partial charge is 0.326 e. The third-order valence-electron chi connectivity index (χ3n) is 5.27. The van der Waals surface area contributed by atoms with Crippen LogP contribution in [0.4, 0.5) is 5.69 Å². The van der Waals surface area contributed by atoms with Crippen molar-refractivity contribution in [1.82, 2.24) is 4.90 Å². The van der Waals surface area contributed by atoms with Gasteiger partial charge in [-0.3, -0.25) is 24.1 Å². The summed E-state index contributed by atoms with van der Waals surface area (Å²) in [4.78, 5) is 52.5.